The van der Waals surface area contributed by atoms with Crippen LogP contribution in [0, 0.1) is 13.8 Å². The van der Waals surface area contributed by atoms with Gasteiger partial charge in [-0.3, -0.25) is 0 Å². The van der Waals surface area contributed by atoms with E-state index in [0.29, 0.717) is 29.3 Å². The molecule has 0 amide bonds. The number of alkyl halides is 3. The second-order valence-electron chi connectivity index (χ2n) is 7.09. The van der Waals surface area contributed by atoms with Crippen LogP contribution < -0.4 is 10.1 Å². The standard InChI is InChI=1S/C22H19F3N6O/c1-13-14(2)17(32-18-6-4-16(11-29-18)22(23,24)25)5-3-15(13)7-8-27-20-19-21(31-12-30-20)28-10-9-26-19/h3-6,9-12H,7-8H2,1-2H3,(H,27,28,30,31). The minimum Gasteiger partial charge on any atom is -0.439 e. The molecule has 1 N–H and O–H groups in total. The van der Waals surface area contributed by atoms with Gasteiger partial charge in [0.1, 0.15) is 17.6 Å². The zero-order valence-electron chi connectivity index (χ0n) is 17.3. The molecule has 4 rings (SSSR count). The number of pyridine rings is 1. The molecule has 7 nitrogen and oxygen atoms in total. The second-order valence-corrected chi connectivity index (χ2v) is 7.09. The van der Waals surface area contributed by atoms with Gasteiger partial charge in [-0.1, -0.05) is 6.07 Å². The number of fused-ring (bicyclic) bond motifs is 1. The van der Waals surface area contributed by atoms with E-state index >= 15 is 0 Å². The van der Waals surface area contributed by atoms with Crippen molar-refractivity contribution in [1.29, 1.82) is 0 Å². The van der Waals surface area contributed by atoms with Crippen LogP contribution in [0.2, 0.25) is 0 Å². The Kier molecular flexibility index (Phi) is 5.85. The van der Waals surface area contributed by atoms with Gasteiger partial charge in [-0.15, -0.1) is 0 Å². The predicted octanol–water partition coefficient (Wildman–Crippen LogP) is 4.90. The van der Waals surface area contributed by atoms with Crippen molar-refractivity contribution in [3.63, 3.8) is 0 Å². The predicted molar refractivity (Wildman–Crippen MR) is 113 cm³/mol. The molecule has 0 radical (unpaired) electrons. The van der Waals surface area contributed by atoms with Crippen molar-refractivity contribution < 1.29 is 17.9 Å². The van der Waals surface area contributed by atoms with Gasteiger partial charge in [0.25, 0.3) is 0 Å². The first-order valence-electron chi connectivity index (χ1n) is 9.78. The number of nitrogens with zero attached hydrogens (tertiary/aromatic N) is 5. The third-order valence-corrected chi connectivity index (χ3v) is 5.08. The van der Waals surface area contributed by atoms with Crippen LogP contribution in [0.3, 0.4) is 0 Å². The molecule has 0 saturated carbocycles. The number of hydrogen-bond donors (Lipinski definition) is 1. The molecule has 10 heteroatoms. The van der Waals surface area contributed by atoms with Gasteiger partial charge in [0.15, 0.2) is 11.5 Å². The van der Waals surface area contributed by atoms with Crippen molar-refractivity contribution in [3.05, 3.63) is 71.4 Å². The van der Waals surface area contributed by atoms with Crippen molar-refractivity contribution >= 4 is 17.0 Å². The fourth-order valence-corrected chi connectivity index (χ4v) is 3.19. The number of hydrogen-bond acceptors (Lipinski definition) is 7. The maximum Gasteiger partial charge on any atom is 0.417 e. The summed E-state index contributed by atoms with van der Waals surface area (Å²) in [5.74, 6) is 1.26. The molecule has 0 aliphatic rings. The van der Waals surface area contributed by atoms with E-state index in [4.69, 9.17) is 4.74 Å². The lowest BCUT2D eigenvalue weighted by Crippen LogP contribution is -2.09. The van der Waals surface area contributed by atoms with Crippen molar-refractivity contribution in [2.45, 2.75) is 26.4 Å². The van der Waals surface area contributed by atoms with Crippen LogP contribution in [0.5, 0.6) is 11.6 Å². The van der Waals surface area contributed by atoms with Crippen LogP contribution >= 0.6 is 0 Å². The minimum atomic E-state index is -4.43. The lowest BCUT2D eigenvalue weighted by atomic mass is 10.00. The maximum atomic E-state index is 12.7. The highest BCUT2D eigenvalue weighted by Gasteiger charge is 2.30. The monoisotopic (exact) mass is 440 g/mol. The van der Waals surface area contributed by atoms with E-state index in [2.05, 4.69) is 30.2 Å². The fourth-order valence-electron chi connectivity index (χ4n) is 3.19. The number of aromatic nitrogens is 5. The molecule has 3 aromatic heterocycles. The molecule has 3 heterocycles. The van der Waals surface area contributed by atoms with E-state index in [1.165, 1.54) is 12.4 Å². The molecule has 164 valence electrons. The SMILES string of the molecule is Cc1c(CCNc2ncnc3nccnc23)ccc(Oc2ccc(C(F)(F)F)cn2)c1C. The van der Waals surface area contributed by atoms with Crippen molar-refractivity contribution in [2.75, 3.05) is 11.9 Å². The molecular formula is C22H19F3N6O. The molecular weight excluding hydrogens is 421 g/mol. The van der Waals surface area contributed by atoms with Crippen LogP contribution in [0.1, 0.15) is 22.3 Å². The van der Waals surface area contributed by atoms with E-state index in [1.807, 2.05) is 19.9 Å². The Bertz CT molecular complexity index is 1240. The van der Waals surface area contributed by atoms with Crippen molar-refractivity contribution in [3.8, 4) is 11.6 Å². The Morgan fingerprint density at radius 3 is 2.47 bits per heavy atom. The Morgan fingerprint density at radius 2 is 1.72 bits per heavy atom. The molecule has 1 aromatic carbocycles. The van der Waals surface area contributed by atoms with Gasteiger partial charge in [0.05, 0.1) is 5.56 Å². The third-order valence-electron chi connectivity index (χ3n) is 5.08. The van der Waals surface area contributed by atoms with Crippen molar-refractivity contribution in [1.82, 2.24) is 24.9 Å². The summed E-state index contributed by atoms with van der Waals surface area (Å²) in [6.45, 7) is 4.49. The summed E-state index contributed by atoms with van der Waals surface area (Å²) in [7, 11) is 0. The smallest absolute Gasteiger partial charge is 0.417 e. The topological polar surface area (TPSA) is 85.7 Å². The van der Waals surface area contributed by atoms with E-state index < -0.39 is 11.7 Å². The largest absolute Gasteiger partial charge is 0.439 e. The first kappa shape index (κ1) is 21.4. The summed E-state index contributed by atoms with van der Waals surface area (Å²) >= 11 is 0. The molecule has 0 saturated heterocycles. The minimum absolute atomic E-state index is 0.103. The molecule has 0 aliphatic heterocycles. The molecule has 0 unspecified atom stereocenters. The first-order valence-corrected chi connectivity index (χ1v) is 9.78. The highest BCUT2D eigenvalue weighted by molar-refractivity contribution is 5.81. The second kappa shape index (κ2) is 8.74. The molecule has 0 bridgehead atoms. The number of halogens is 3. The van der Waals surface area contributed by atoms with Crippen LogP contribution in [0.4, 0.5) is 19.0 Å². The van der Waals surface area contributed by atoms with E-state index in [9.17, 15) is 13.2 Å². The first-order chi connectivity index (χ1) is 15.3. The quantitative estimate of drug-likeness (QED) is 0.457. The number of ether oxygens (including phenoxy) is 1. The number of nitrogens with one attached hydrogen (secondary N) is 1. The fraction of sp³-hybridized carbons (Fsp3) is 0.227. The van der Waals surface area contributed by atoms with Gasteiger partial charge in [-0.05, 0) is 49.1 Å². The summed E-state index contributed by atoms with van der Waals surface area (Å²) in [6, 6.07) is 5.89. The summed E-state index contributed by atoms with van der Waals surface area (Å²) in [5, 5.41) is 3.27. The summed E-state index contributed by atoms with van der Waals surface area (Å²) in [5.41, 5.74) is 3.34. The Hall–Kier alpha value is -3.82. The summed E-state index contributed by atoms with van der Waals surface area (Å²) < 4.78 is 43.8. The normalized spacial score (nSPS) is 11.5. The number of benzene rings is 1. The average molecular weight is 440 g/mol. The Morgan fingerprint density at radius 1 is 0.906 bits per heavy atom. The molecule has 0 atom stereocenters. The average Bonchev–Trinajstić information content (AvgIpc) is 2.78. The zero-order chi connectivity index (χ0) is 22.7. The van der Waals surface area contributed by atoms with E-state index in [1.54, 1.807) is 18.5 Å². The maximum absolute atomic E-state index is 12.7. The highest BCUT2D eigenvalue weighted by atomic mass is 19.4. The number of anilines is 1. The van der Waals surface area contributed by atoms with Gasteiger partial charge in [0, 0.05) is 31.2 Å². The van der Waals surface area contributed by atoms with Crippen LogP contribution in [0.15, 0.2) is 49.2 Å². The van der Waals surface area contributed by atoms with Gasteiger partial charge < -0.3 is 10.1 Å². The lowest BCUT2D eigenvalue weighted by molar-refractivity contribution is -0.137. The Labute approximate surface area is 181 Å². The number of rotatable bonds is 6. The van der Waals surface area contributed by atoms with Crippen LogP contribution in [0.25, 0.3) is 11.2 Å². The molecule has 0 fully saturated rings. The van der Waals surface area contributed by atoms with Gasteiger partial charge in [-0.25, -0.2) is 24.9 Å². The van der Waals surface area contributed by atoms with E-state index in [0.717, 1.165) is 35.4 Å². The van der Waals surface area contributed by atoms with Gasteiger partial charge >= 0.3 is 6.18 Å². The molecule has 0 spiro atoms. The Balaban J connectivity index is 1.43. The van der Waals surface area contributed by atoms with Crippen LogP contribution in [-0.4, -0.2) is 31.5 Å². The summed E-state index contributed by atoms with van der Waals surface area (Å²) in [6.07, 6.45) is 1.66. The molecule has 32 heavy (non-hydrogen) atoms. The summed E-state index contributed by atoms with van der Waals surface area (Å²) in [4.78, 5) is 20.5. The third kappa shape index (κ3) is 4.58. The van der Waals surface area contributed by atoms with Gasteiger partial charge in [-0.2, -0.15) is 13.2 Å². The lowest BCUT2D eigenvalue weighted by Gasteiger charge is -2.15. The zero-order valence-corrected chi connectivity index (χ0v) is 17.3. The van der Waals surface area contributed by atoms with Crippen LogP contribution in [-0.2, 0) is 12.6 Å². The van der Waals surface area contributed by atoms with Crippen molar-refractivity contribution in [2.24, 2.45) is 0 Å². The molecule has 0 aliphatic carbocycles. The van der Waals surface area contributed by atoms with Gasteiger partial charge in [0.2, 0.25) is 5.88 Å². The highest BCUT2D eigenvalue weighted by Crippen LogP contribution is 2.32. The van der Waals surface area contributed by atoms with E-state index in [-0.39, 0.29) is 5.88 Å². The molecule has 4 aromatic rings.